The average Bonchev–Trinajstić information content (AvgIpc) is 2.94. The molecule has 130 valence electrons. The Kier molecular flexibility index (Phi) is 5.04. The molecule has 0 aromatic carbocycles. The van der Waals surface area contributed by atoms with Crippen molar-refractivity contribution in [2.45, 2.75) is 25.8 Å². The first kappa shape index (κ1) is 17.4. The molecule has 2 aromatic rings. The third kappa shape index (κ3) is 3.82. The molecule has 2 aromatic heterocycles. The van der Waals surface area contributed by atoms with Gasteiger partial charge in [0.15, 0.2) is 0 Å². The molecule has 0 bridgehead atoms. The standard InChI is InChI=1S/C17H19BrN6O/c1-11-7-15(23(2)22-11)17(25)21-14-3-5-24(6-4-14)16-12(9-19)8-13(18)10-20-16/h7-8,10,14H,3-6H2,1-2H3,(H,21,25). The summed E-state index contributed by atoms with van der Waals surface area (Å²) in [5.74, 6) is 0.610. The first-order chi connectivity index (χ1) is 12.0. The van der Waals surface area contributed by atoms with Gasteiger partial charge < -0.3 is 10.2 Å². The van der Waals surface area contributed by atoms with Crippen molar-refractivity contribution in [3.05, 3.63) is 39.8 Å². The van der Waals surface area contributed by atoms with Gasteiger partial charge in [0.2, 0.25) is 0 Å². The van der Waals surface area contributed by atoms with Crippen molar-refractivity contribution in [1.29, 1.82) is 5.26 Å². The van der Waals surface area contributed by atoms with E-state index in [-0.39, 0.29) is 11.9 Å². The Morgan fingerprint density at radius 2 is 2.12 bits per heavy atom. The molecule has 0 aliphatic carbocycles. The zero-order valence-corrected chi connectivity index (χ0v) is 15.7. The first-order valence-electron chi connectivity index (χ1n) is 8.10. The number of hydrogen-bond donors (Lipinski definition) is 1. The van der Waals surface area contributed by atoms with Crippen LogP contribution in [0.15, 0.2) is 22.8 Å². The Bertz CT molecular complexity index is 832. The predicted octanol–water partition coefficient (Wildman–Crippen LogP) is 2.16. The molecule has 1 aliphatic heterocycles. The second kappa shape index (κ2) is 7.23. The van der Waals surface area contributed by atoms with E-state index in [1.54, 1.807) is 30.1 Å². The van der Waals surface area contributed by atoms with Crippen molar-refractivity contribution in [3.8, 4) is 6.07 Å². The molecule has 3 rings (SSSR count). The summed E-state index contributed by atoms with van der Waals surface area (Å²) in [7, 11) is 1.77. The van der Waals surface area contributed by atoms with Gasteiger partial charge in [-0.1, -0.05) is 0 Å². The summed E-state index contributed by atoms with van der Waals surface area (Å²) in [6, 6.07) is 5.87. The molecule has 1 amide bonds. The van der Waals surface area contributed by atoms with Gasteiger partial charge in [-0.3, -0.25) is 9.48 Å². The number of aryl methyl sites for hydroxylation is 2. The van der Waals surface area contributed by atoms with Gasteiger partial charge in [-0.05, 0) is 47.8 Å². The number of nitrogens with one attached hydrogen (secondary N) is 1. The molecule has 1 aliphatic rings. The Hall–Kier alpha value is -2.40. The first-order valence-corrected chi connectivity index (χ1v) is 8.89. The molecule has 0 saturated carbocycles. The number of amides is 1. The number of pyridine rings is 1. The van der Waals surface area contributed by atoms with E-state index in [0.29, 0.717) is 17.1 Å². The largest absolute Gasteiger partial charge is 0.355 e. The minimum absolute atomic E-state index is 0.0963. The van der Waals surface area contributed by atoms with Crippen LogP contribution in [0.4, 0.5) is 5.82 Å². The highest BCUT2D eigenvalue weighted by molar-refractivity contribution is 9.10. The number of nitriles is 1. The molecular formula is C17H19BrN6O. The van der Waals surface area contributed by atoms with Gasteiger partial charge in [-0.15, -0.1) is 0 Å². The van der Waals surface area contributed by atoms with Gasteiger partial charge in [0.1, 0.15) is 17.6 Å². The maximum Gasteiger partial charge on any atom is 0.269 e. The molecule has 8 heteroatoms. The van der Waals surface area contributed by atoms with Crippen LogP contribution in [0.25, 0.3) is 0 Å². The minimum atomic E-state index is -0.0963. The van der Waals surface area contributed by atoms with E-state index in [2.05, 4.69) is 42.3 Å². The predicted molar refractivity (Wildman–Crippen MR) is 97.3 cm³/mol. The zero-order valence-electron chi connectivity index (χ0n) is 14.2. The summed E-state index contributed by atoms with van der Waals surface area (Å²) in [5.41, 5.74) is 1.95. The van der Waals surface area contributed by atoms with Crippen molar-refractivity contribution in [1.82, 2.24) is 20.1 Å². The monoisotopic (exact) mass is 402 g/mol. The van der Waals surface area contributed by atoms with Crippen LogP contribution < -0.4 is 10.2 Å². The Morgan fingerprint density at radius 3 is 2.72 bits per heavy atom. The van der Waals surface area contributed by atoms with Crippen LogP contribution in [0, 0.1) is 18.3 Å². The highest BCUT2D eigenvalue weighted by Crippen LogP contribution is 2.24. The van der Waals surface area contributed by atoms with E-state index in [1.165, 1.54) is 0 Å². The molecule has 1 saturated heterocycles. The number of aromatic nitrogens is 3. The summed E-state index contributed by atoms with van der Waals surface area (Å²) >= 11 is 3.34. The van der Waals surface area contributed by atoms with E-state index in [4.69, 9.17) is 0 Å². The summed E-state index contributed by atoms with van der Waals surface area (Å²) in [5, 5.41) is 16.6. The third-order valence-electron chi connectivity index (χ3n) is 4.32. The molecule has 0 atom stereocenters. The van der Waals surface area contributed by atoms with Crippen LogP contribution in [0.1, 0.15) is 34.6 Å². The fourth-order valence-corrected chi connectivity index (χ4v) is 3.42. The number of halogens is 1. The highest BCUT2D eigenvalue weighted by Gasteiger charge is 2.24. The van der Waals surface area contributed by atoms with Crippen molar-refractivity contribution in [2.75, 3.05) is 18.0 Å². The second-order valence-corrected chi connectivity index (χ2v) is 7.08. The zero-order chi connectivity index (χ0) is 18.0. The van der Waals surface area contributed by atoms with Crippen molar-refractivity contribution in [3.63, 3.8) is 0 Å². The Balaban J connectivity index is 1.62. The molecule has 1 N–H and O–H groups in total. The van der Waals surface area contributed by atoms with Gasteiger partial charge in [0.25, 0.3) is 5.91 Å². The van der Waals surface area contributed by atoms with Crippen LogP contribution in [0.2, 0.25) is 0 Å². The molecule has 0 unspecified atom stereocenters. The topological polar surface area (TPSA) is 86.8 Å². The fraction of sp³-hybridized carbons (Fsp3) is 0.412. The number of carbonyl (C=O) groups is 1. The second-order valence-electron chi connectivity index (χ2n) is 6.17. The SMILES string of the molecule is Cc1cc(C(=O)NC2CCN(c3ncc(Br)cc3C#N)CC2)n(C)n1. The smallest absolute Gasteiger partial charge is 0.269 e. The van der Waals surface area contributed by atoms with Gasteiger partial charge in [-0.2, -0.15) is 10.4 Å². The molecule has 1 fully saturated rings. The molecule has 0 spiro atoms. The molecule has 0 radical (unpaired) electrons. The number of piperidine rings is 1. The van der Waals surface area contributed by atoms with Gasteiger partial charge in [0, 0.05) is 36.8 Å². The number of rotatable bonds is 3. The van der Waals surface area contributed by atoms with E-state index in [9.17, 15) is 10.1 Å². The molecule has 25 heavy (non-hydrogen) atoms. The van der Waals surface area contributed by atoms with Gasteiger partial charge in [-0.25, -0.2) is 4.98 Å². The Labute approximate surface area is 154 Å². The van der Waals surface area contributed by atoms with Crippen LogP contribution in [-0.2, 0) is 7.05 Å². The summed E-state index contributed by atoms with van der Waals surface area (Å²) < 4.78 is 2.39. The maximum atomic E-state index is 12.4. The van der Waals surface area contributed by atoms with Crippen molar-refractivity contribution in [2.24, 2.45) is 7.05 Å². The van der Waals surface area contributed by atoms with E-state index >= 15 is 0 Å². The van der Waals surface area contributed by atoms with Crippen LogP contribution in [-0.4, -0.2) is 39.8 Å². The lowest BCUT2D eigenvalue weighted by molar-refractivity contribution is 0.0921. The van der Waals surface area contributed by atoms with Crippen molar-refractivity contribution < 1.29 is 4.79 Å². The van der Waals surface area contributed by atoms with Gasteiger partial charge >= 0.3 is 0 Å². The van der Waals surface area contributed by atoms with Gasteiger partial charge in [0.05, 0.1) is 11.3 Å². The molecule has 3 heterocycles. The lowest BCUT2D eigenvalue weighted by atomic mass is 10.0. The summed E-state index contributed by atoms with van der Waals surface area (Å²) in [6.07, 6.45) is 3.32. The van der Waals surface area contributed by atoms with E-state index < -0.39 is 0 Å². The lowest BCUT2D eigenvalue weighted by Crippen LogP contribution is -2.45. The van der Waals surface area contributed by atoms with E-state index in [0.717, 1.165) is 36.1 Å². The summed E-state index contributed by atoms with van der Waals surface area (Å²) in [4.78, 5) is 18.9. The quantitative estimate of drug-likeness (QED) is 0.849. The molecular weight excluding hydrogens is 384 g/mol. The number of carbonyl (C=O) groups excluding carboxylic acids is 1. The number of anilines is 1. The van der Waals surface area contributed by atoms with Crippen LogP contribution in [0.5, 0.6) is 0 Å². The summed E-state index contributed by atoms with van der Waals surface area (Å²) in [6.45, 7) is 3.37. The lowest BCUT2D eigenvalue weighted by Gasteiger charge is -2.33. The molecule has 7 nitrogen and oxygen atoms in total. The van der Waals surface area contributed by atoms with Crippen molar-refractivity contribution >= 4 is 27.7 Å². The minimum Gasteiger partial charge on any atom is -0.355 e. The normalized spacial score (nSPS) is 15.0. The van der Waals surface area contributed by atoms with E-state index in [1.807, 2.05) is 6.92 Å². The number of hydrogen-bond acceptors (Lipinski definition) is 5. The average molecular weight is 403 g/mol. The highest BCUT2D eigenvalue weighted by atomic mass is 79.9. The maximum absolute atomic E-state index is 12.4. The number of nitrogens with zero attached hydrogens (tertiary/aromatic N) is 5. The fourth-order valence-electron chi connectivity index (χ4n) is 3.08. The van der Waals surface area contributed by atoms with Crippen LogP contribution >= 0.6 is 15.9 Å². The Morgan fingerprint density at radius 1 is 1.40 bits per heavy atom. The third-order valence-corrected chi connectivity index (χ3v) is 4.75. The van der Waals surface area contributed by atoms with Crippen LogP contribution in [0.3, 0.4) is 0 Å².